The summed E-state index contributed by atoms with van der Waals surface area (Å²) in [4.78, 5) is 27.6. The zero-order valence-electron chi connectivity index (χ0n) is 10.5. The summed E-state index contributed by atoms with van der Waals surface area (Å²) in [5.74, 6) is -0.758. The number of imide groups is 1. The highest BCUT2D eigenvalue weighted by atomic mass is 19.1. The molecule has 0 saturated carbocycles. The van der Waals surface area contributed by atoms with Crippen molar-refractivity contribution in [3.05, 3.63) is 30.1 Å². The molecule has 1 atom stereocenters. The number of nitrogens with zero attached hydrogens (tertiary/aromatic N) is 2. The van der Waals surface area contributed by atoms with Crippen LogP contribution < -0.4 is 4.90 Å². The van der Waals surface area contributed by atoms with Crippen molar-refractivity contribution in [1.82, 2.24) is 4.90 Å². The smallest absolute Gasteiger partial charge is 0.251 e. The van der Waals surface area contributed by atoms with E-state index in [-0.39, 0.29) is 30.1 Å². The molecule has 0 spiro atoms. The van der Waals surface area contributed by atoms with Crippen LogP contribution in [-0.2, 0) is 9.59 Å². The molecule has 19 heavy (non-hydrogen) atoms. The first-order valence-corrected chi connectivity index (χ1v) is 6.53. The fourth-order valence-electron chi connectivity index (χ4n) is 2.82. The van der Waals surface area contributed by atoms with Crippen LogP contribution in [0.15, 0.2) is 24.3 Å². The Morgan fingerprint density at radius 1 is 1.05 bits per heavy atom. The molecule has 2 amide bonds. The molecule has 0 radical (unpaired) electrons. The summed E-state index contributed by atoms with van der Waals surface area (Å²) >= 11 is 0. The van der Waals surface area contributed by atoms with Gasteiger partial charge in [0.2, 0.25) is 5.91 Å². The van der Waals surface area contributed by atoms with E-state index in [0.717, 1.165) is 25.9 Å². The molecule has 5 heteroatoms. The maximum Gasteiger partial charge on any atom is 0.251 e. The van der Waals surface area contributed by atoms with Crippen LogP contribution in [0.25, 0.3) is 0 Å². The molecule has 2 saturated heterocycles. The number of hydrogen-bond donors (Lipinski definition) is 0. The predicted octanol–water partition coefficient (Wildman–Crippen LogP) is 1.55. The van der Waals surface area contributed by atoms with E-state index in [1.54, 1.807) is 0 Å². The fourth-order valence-corrected chi connectivity index (χ4v) is 2.82. The van der Waals surface area contributed by atoms with Gasteiger partial charge < -0.3 is 0 Å². The van der Waals surface area contributed by atoms with Gasteiger partial charge in [0.15, 0.2) is 0 Å². The Labute approximate surface area is 110 Å². The normalized spacial score (nSPS) is 24.5. The van der Waals surface area contributed by atoms with Gasteiger partial charge in [0.05, 0.1) is 18.2 Å². The van der Waals surface area contributed by atoms with Crippen LogP contribution >= 0.6 is 0 Å². The molecule has 2 fully saturated rings. The number of hydrogen-bond acceptors (Lipinski definition) is 3. The number of amides is 2. The third-order valence-electron chi connectivity index (χ3n) is 3.79. The molecule has 2 heterocycles. The number of halogens is 1. The van der Waals surface area contributed by atoms with Gasteiger partial charge in [-0.3, -0.25) is 14.5 Å². The minimum atomic E-state index is -0.376. The number of anilines is 1. The Kier molecular flexibility index (Phi) is 3.06. The van der Waals surface area contributed by atoms with Crippen molar-refractivity contribution in [3.63, 3.8) is 0 Å². The Balaban J connectivity index is 1.84. The summed E-state index contributed by atoms with van der Waals surface area (Å²) in [6.45, 7) is 1.75. The molecule has 1 aromatic rings. The maximum absolute atomic E-state index is 12.9. The van der Waals surface area contributed by atoms with Crippen molar-refractivity contribution in [2.45, 2.75) is 25.3 Å². The van der Waals surface area contributed by atoms with Gasteiger partial charge in [-0.1, -0.05) is 0 Å². The van der Waals surface area contributed by atoms with E-state index in [0.29, 0.717) is 5.69 Å². The van der Waals surface area contributed by atoms with E-state index < -0.39 is 0 Å². The first-order valence-electron chi connectivity index (χ1n) is 6.53. The monoisotopic (exact) mass is 262 g/mol. The predicted molar refractivity (Wildman–Crippen MR) is 68.1 cm³/mol. The van der Waals surface area contributed by atoms with Gasteiger partial charge in [-0.25, -0.2) is 9.29 Å². The molecule has 100 valence electrons. The zero-order valence-corrected chi connectivity index (χ0v) is 10.5. The van der Waals surface area contributed by atoms with E-state index >= 15 is 0 Å². The van der Waals surface area contributed by atoms with Gasteiger partial charge in [-0.05, 0) is 50.2 Å². The van der Waals surface area contributed by atoms with E-state index in [1.807, 2.05) is 0 Å². The molecule has 2 aliphatic rings. The Hall–Kier alpha value is -1.75. The maximum atomic E-state index is 12.9. The fraction of sp³-hybridized carbons (Fsp3) is 0.429. The lowest BCUT2D eigenvalue weighted by atomic mass is 10.2. The van der Waals surface area contributed by atoms with Crippen LogP contribution in [0.2, 0.25) is 0 Å². The highest BCUT2D eigenvalue weighted by molar-refractivity contribution is 6.22. The molecule has 0 bridgehead atoms. The second kappa shape index (κ2) is 4.74. The molecule has 2 aliphatic heterocycles. The largest absolute Gasteiger partial charge is 0.292 e. The van der Waals surface area contributed by atoms with E-state index in [1.165, 1.54) is 29.2 Å². The summed E-state index contributed by atoms with van der Waals surface area (Å²) in [5.41, 5.74) is 0.457. The van der Waals surface area contributed by atoms with Gasteiger partial charge in [0.25, 0.3) is 5.91 Å². The van der Waals surface area contributed by atoms with Gasteiger partial charge in [0.1, 0.15) is 5.82 Å². The van der Waals surface area contributed by atoms with Crippen molar-refractivity contribution >= 4 is 17.5 Å². The quantitative estimate of drug-likeness (QED) is 0.759. The highest BCUT2D eigenvalue weighted by Crippen LogP contribution is 2.27. The number of rotatable bonds is 2. The minimum Gasteiger partial charge on any atom is -0.292 e. The van der Waals surface area contributed by atoms with Crippen molar-refractivity contribution < 1.29 is 14.0 Å². The second-order valence-corrected chi connectivity index (χ2v) is 5.01. The lowest BCUT2D eigenvalue weighted by Gasteiger charge is -2.21. The SMILES string of the molecule is O=C1CC(N2CCCC2)C(=O)N1c1ccc(F)cc1. The minimum absolute atomic E-state index is 0.182. The van der Waals surface area contributed by atoms with Crippen molar-refractivity contribution in [3.8, 4) is 0 Å². The van der Waals surface area contributed by atoms with Crippen LogP contribution in [0.1, 0.15) is 19.3 Å². The lowest BCUT2D eigenvalue weighted by molar-refractivity contribution is -0.122. The summed E-state index contributed by atoms with van der Waals surface area (Å²) in [6, 6.07) is 5.13. The van der Waals surface area contributed by atoms with Gasteiger partial charge in [-0.2, -0.15) is 0 Å². The molecule has 0 aliphatic carbocycles. The Morgan fingerprint density at radius 2 is 1.68 bits per heavy atom. The van der Waals surface area contributed by atoms with Gasteiger partial charge in [-0.15, -0.1) is 0 Å². The molecule has 4 nitrogen and oxygen atoms in total. The van der Waals surface area contributed by atoms with Gasteiger partial charge >= 0.3 is 0 Å². The summed E-state index contributed by atoms with van der Waals surface area (Å²) in [6.07, 6.45) is 2.39. The summed E-state index contributed by atoms with van der Waals surface area (Å²) in [7, 11) is 0. The summed E-state index contributed by atoms with van der Waals surface area (Å²) < 4.78 is 12.9. The highest BCUT2D eigenvalue weighted by Gasteiger charge is 2.43. The third-order valence-corrected chi connectivity index (χ3v) is 3.79. The van der Waals surface area contributed by atoms with Crippen molar-refractivity contribution in [2.75, 3.05) is 18.0 Å². The average molecular weight is 262 g/mol. The van der Waals surface area contributed by atoms with Crippen LogP contribution in [0.5, 0.6) is 0 Å². The number of benzene rings is 1. The molecule has 0 N–H and O–H groups in total. The topological polar surface area (TPSA) is 40.6 Å². The van der Waals surface area contributed by atoms with Gasteiger partial charge in [0, 0.05) is 0 Å². The van der Waals surface area contributed by atoms with Crippen LogP contribution in [0, 0.1) is 5.82 Å². The molecule has 0 aromatic heterocycles. The number of likely N-dealkylation sites (tertiary alicyclic amines) is 1. The van der Waals surface area contributed by atoms with Crippen molar-refractivity contribution in [1.29, 1.82) is 0 Å². The van der Waals surface area contributed by atoms with Crippen molar-refractivity contribution in [2.24, 2.45) is 0 Å². The molecular weight excluding hydrogens is 247 g/mol. The number of carbonyl (C=O) groups is 2. The average Bonchev–Trinajstić information content (AvgIpc) is 3.00. The van der Waals surface area contributed by atoms with Crippen LogP contribution in [0.4, 0.5) is 10.1 Å². The molecular formula is C14H15FN2O2. The Bertz CT molecular complexity index is 509. The lowest BCUT2D eigenvalue weighted by Crippen LogP contribution is -2.40. The Morgan fingerprint density at radius 3 is 2.32 bits per heavy atom. The third kappa shape index (κ3) is 2.14. The van der Waals surface area contributed by atoms with Crippen LogP contribution in [0.3, 0.4) is 0 Å². The van der Waals surface area contributed by atoms with E-state index in [2.05, 4.69) is 4.90 Å². The molecule has 3 rings (SSSR count). The van der Waals surface area contributed by atoms with E-state index in [9.17, 15) is 14.0 Å². The second-order valence-electron chi connectivity index (χ2n) is 5.01. The first kappa shape index (κ1) is 12.3. The van der Waals surface area contributed by atoms with E-state index in [4.69, 9.17) is 0 Å². The summed E-state index contributed by atoms with van der Waals surface area (Å²) in [5, 5.41) is 0. The molecule has 1 unspecified atom stereocenters. The molecule has 1 aromatic carbocycles. The first-order chi connectivity index (χ1) is 9.16. The number of carbonyl (C=O) groups excluding carboxylic acids is 2. The standard InChI is InChI=1S/C14H15FN2O2/c15-10-3-5-11(6-4-10)17-13(18)9-12(14(17)19)16-7-1-2-8-16/h3-6,12H,1-2,7-9H2. The zero-order chi connectivity index (χ0) is 13.4. The van der Waals surface area contributed by atoms with Crippen LogP contribution in [-0.4, -0.2) is 35.8 Å².